The molecule has 0 saturated heterocycles. The number of H-pyrrole nitrogens is 1. The number of primary amides is 2. The monoisotopic (exact) mass is 1630 g/mol. The number of aliphatic hydroxyl groups excluding tert-OH is 1. The minimum Gasteiger partial charge on any atom is -0.481 e. The van der Waals surface area contributed by atoms with E-state index in [1.807, 2.05) is 6.92 Å². The number of aliphatic hydroxyl groups is 1. The van der Waals surface area contributed by atoms with Gasteiger partial charge in [-0.1, -0.05) is 78.3 Å². The maximum atomic E-state index is 14.3. The van der Waals surface area contributed by atoms with Gasteiger partial charge in [-0.25, -0.2) is 9.78 Å². The van der Waals surface area contributed by atoms with Gasteiger partial charge in [0.1, 0.15) is 78.5 Å². The molecule has 1 heterocycles. The molecular formula is C71H116N20O20S2. The van der Waals surface area contributed by atoms with Crippen LogP contribution in [0.3, 0.4) is 0 Å². The van der Waals surface area contributed by atoms with E-state index in [1.54, 1.807) is 51.1 Å². The van der Waals surface area contributed by atoms with Crippen molar-refractivity contribution in [3.63, 3.8) is 0 Å². The molecule has 1 aromatic heterocycles. The second-order valence-corrected chi connectivity index (χ2v) is 28.8. The number of aliphatic carboxylic acids is 2. The number of aromatic amines is 1. The van der Waals surface area contributed by atoms with Crippen LogP contribution in [0.5, 0.6) is 0 Å². The number of rotatable bonds is 55. The van der Waals surface area contributed by atoms with Crippen LogP contribution in [-0.4, -0.2) is 241 Å². The molecule has 0 saturated carbocycles. The summed E-state index contributed by atoms with van der Waals surface area (Å²) < 4.78 is 0. The topological polar surface area (TPSA) is 666 Å². The lowest BCUT2D eigenvalue weighted by molar-refractivity contribution is -0.143. The normalized spacial score (nSPS) is 15.5. The van der Waals surface area contributed by atoms with Gasteiger partial charge in [0.25, 0.3) is 0 Å². The Morgan fingerprint density at radius 2 is 0.796 bits per heavy atom. The van der Waals surface area contributed by atoms with Crippen LogP contribution < -0.4 is 97.8 Å². The largest absolute Gasteiger partial charge is 0.481 e. The number of nitrogens with two attached hydrogens (primary N) is 5. The van der Waals surface area contributed by atoms with Gasteiger partial charge in [0.2, 0.25) is 88.6 Å². The molecule has 0 fully saturated rings. The lowest BCUT2D eigenvalue weighted by Crippen LogP contribution is -2.63. The molecule has 27 N–H and O–H groups in total. The average molecular weight is 1630 g/mol. The Labute approximate surface area is 666 Å². The van der Waals surface area contributed by atoms with E-state index in [4.69, 9.17) is 28.7 Å². The Morgan fingerprint density at radius 3 is 1.21 bits per heavy atom. The zero-order valence-electron chi connectivity index (χ0n) is 64.9. The second kappa shape index (κ2) is 51.6. The third-order valence-corrected chi connectivity index (χ3v) is 18.8. The predicted molar refractivity (Wildman–Crippen MR) is 417 cm³/mol. The standard InChI is InChI=1S/C71H116N20O20S2/c1-9-37(6)54(76)67(106)86-47(29-40-17-11-10-12-18-40)63(102)89-55(35(2)3)68(107)82-44(22-25-52(75)94)60(99)81-42(19-13-15-27-72)59(98)87-49(32-112)65(104)79-38(7)58(97)80-43(21-24-51(74)93)62(101)88-50(33-113)66(105)85-48(30-41-31-77-34-78-41)64(103)91-57(39(8)92)70(109)90-56(36(4)5)69(108)83-45(23-26-53(95)96)61(100)84-46(71(110)111)20-14-16-28-73/h10-12,17-18,31,34-39,42-50,54-57,92,112-113H,9,13-16,19-30,32-33,72-73,76H2,1-8H3,(H2,74,93)(H2,75,94)(H,77,78)(H,79,104)(H,80,97)(H,81,99)(H,82,107)(H,83,108)(H,84,100)(H,85,105)(H,86,106)(H,87,98)(H,88,101)(H,89,102)(H,90,109)(H,91,103)(H,95,96)(H,110,111)/t37-,38-,39+,42-,43-,44-,45-,46-,47-,48-,49-,50-,54-,55-,56-,57-/m0/s1. The fourth-order valence-corrected chi connectivity index (χ4v) is 11.5. The number of nitrogens with zero attached hydrogens (tertiary/aromatic N) is 1. The number of imidazole rings is 1. The molecule has 113 heavy (non-hydrogen) atoms. The Hall–Kier alpha value is -10.0. The number of nitrogens with one attached hydrogen (secondary N) is 14. The lowest BCUT2D eigenvalue weighted by atomic mass is 9.97. The minimum absolute atomic E-state index is 0.00631. The van der Waals surface area contributed by atoms with Crippen molar-refractivity contribution in [2.75, 3.05) is 24.6 Å². The third kappa shape index (κ3) is 36.1. The van der Waals surface area contributed by atoms with Crippen LogP contribution in [0, 0.1) is 17.8 Å². The summed E-state index contributed by atoms with van der Waals surface area (Å²) in [5.74, 6) is -20.0. The summed E-state index contributed by atoms with van der Waals surface area (Å²) in [5.41, 5.74) is 29.3. The highest BCUT2D eigenvalue weighted by atomic mass is 32.1. The van der Waals surface area contributed by atoms with E-state index in [2.05, 4.69) is 104 Å². The van der Waals surface area contributed by atoms with Crippen molar-refractivity contribution in [3.8, 4) is 0 Å². The van der Waals surface area contributed by atoms with Gasteiger partial charge in [-0.05, 0) is 108 Å². The zero-order valence-corrected chi connectivity index (χ0v) is 66.7. The Kier molecular flexibility index (Phi) is 45.2. The summed E-state index contributed by atoms with van der Waals surface area (Å²) in [7, 11) is 0. The fourth-order valence-electron chi connectivity index (χ4n) is 11.0. The van der Waals surface area contributed by atoms with Gasteiger partial charge >= 0.3 is 11.9 Å². The lowest BCUT2D eigenvalue weighted by Gasteiger charge is -2.29. The van der Waals surface area contributed by atoms with Crippen molar-refractivity contribution in [2.45, 2.75) is 242 Å². The van der Waals surface area contributed by atoms with Gasteiger partial charge in [-0.3, -0.25) is 76.7 Å². The van der Waals surface area contributed by atoms with Crippen LogP contribution in [-0.2, 0) is 94.3 Å². The Bertz CT molecular complexity index is 3510. The molecule has 0 radical (unpaired) electrons. The molecule has 0 aliphatic rings. The van der Waals surface area contributed by atoms with Crippen molar-refractivity contribution in [2.24, 2.45) is 46.4 Å². The molecule has 16 atom stereocenters. The van der Waals surface area contributed by atoms with E-state index in [1.165, 1.54) is 33.3 Å². The van der Waals surface area contributed by atoms with E-state index < -0.39 is 253 Å². The van der Waals surface area contributed by atoms with E-state index >= 15 is 0 Å². The molecule has 1 aromatic carbocycles. The number of hydrogen-bond acceptors (Lipinski definition) is 24. The summed E-state index contributed by atoms with van der Waals surface area (Å²) in [4.78, 5) is 237. The molecule has 0 aliphatic heterocycles. The van der Waals surface area contributed by atoms with Crippen LogP contribution in [0.15, 0.2) is 42.9 Å². The van der Waals surface area contributed by atoms with Crippen LogP contribution in [0.4, 0.5) is 0 Å². The zero-order chi connectivity index (χ0) is 85.4. The number of amides is 15. The molecule has 40 nitrogen and oxygen atoms in total. The van der Waals surface area contributed by atoms with E-state index in [9.17, 15) is 96.8 Å². The first-order valence-corrected chi connectivity index (χ1v) is 38.5. The molecule has 0 unspecified atom stereocenters. The quantitative estimate of drug-likeness (QED) is 0.0217. The van der Waals surface area contributed by atoms with Crippen LogP contribution in [0.25, 0.3) is 0 Å². The first-order chi connectivity index (χ1) is 53.2. The molecule has 0 spiro atoms. The smallest absolute Gasteiger partial charge is 0.326 e. The molecule has 15 amide bonds. The Balaban J connectivity index is 2.37. The molecule has 0 bridgehead atoms. The number of thiol groups is 2. The molecule has 2 rings (SSSR count). The summed E-state index contributed by atoms with van der Waals surface area (Å²) >= 11 is 8.48. The average Bonchev–Trinajstić information content (AvgIpc) is 1.48. The van der Waals surface area contributed by atoms with Crippen LogP contribution >= 0.6 is 25.3 Å². The van der Waals surface area contributed by atoms with Gasteiger partial charge in [-0.15, -0.1) is 0 Å². The van der Waals surface area contributed by atoms with Gasteiger partial charge in [0, 0.05) is 55.5 Å². The summed E-state index contributed by atoms with van der Waals surface area (Å²) in [6.07, 6.45) is -0.875. The van der Waals surface area contributed by atoms with Crippen molar-refractivity contribution in [1.29, 1.82) is 0 Å². The number of aromatic nitrogens is 2. The third-order valence-electron chi connectivity index (χ3n) is 18.1. The maximum absolute atomic E-state index is 14.3. The molecule has 2 aromatic rings. The van der Waals surface area contributed by atoms with Crippen molar-refractivity contribution in [1.82, 2.24) is 79.1 Å². The van der Waals surface area contributed by atoms with Crippen LogP contribution in [0.2, 0.25) is 0 Å². The number of carboxylic acid groups (broad SMARTS) is 2. The minimum atomic E-state index is -1.89. The van der Waals surface area contributed by atoms with Gasteiger partial charge in [0.05, 0.1) is 18.5 Å². The highest BCUT2D eigenvalue weighted by molar-refractivity contribution is 7.80. The Morgan fingerprint density at radius 1 is 0.434 bits per heavy atom. The number of hydrogen-bond donors (Lipinski definition) is 24. The molecule has 42 heteroatoms. The number of unbranched alkanes of at least 4 members (excludes halogenated alkanes) is 2. The van der Waals surface area contributed by atoms with Gasteiger partial charge < -0.3 is 118 Å². The first kappa shape index (κ1) is 99.0. The first-order valence-electron chi connectivity index (χ1n) is 37.3. The molecule has 0 aliphatic carbocycles. The second-order valence-electron chi connectivity index (χ2n) is 28.1. The van der Waals surface area contributed by atoms with Crippen molar-refractivity contribution >= 4 is 126 Å². The number of benzene rings is 1. The van der Waals surface area contributed by atoms with Crippen molar-refractivity contribution < 1.29 is 96.8 Å². The summed E-state index contributed by atoms with van der Waals surface area (Å²) in [6, 6.07) is -12.5. The predicted octanol–water partition coefficient (Wildman–Crippen LogP) is -5.82. The fraction of sp³-hybridized carbons (Fsp3) is 0.634. The molecular weight excluding hydrogens is 1520 g/mol. The number of carbonyl (C=O) groups excluding carboxylic acids is 15. The number of carboxylic acids is 2. The van der Waals surface area contributed by atoms with Crippen LogP contribution in [0.1, 0.15) is 150 Å². The highest BCUT2D eigenvalue weighted by Crippen LogP contribution is 2.15. The van der Waals surface area contributed by atoms with E-state index in [0.717, 1.165) is 6.92 Å². The van der Waals surface area contributed by atoms with Gasteiger partial charge in [0.15, 0.2) is 0 Å². The summed E-state index contributed by atoms with van der Waals surface area (Å²) in [6.45, 7) is 12.5. The number of carbonyl (C=O) groups is 17. The van der Waals surface area contributed by atoms with Crippen molar-refractivity contribution in [3.05, 3.63) is 54.1 Å². The van der Waals surface area contributed by atoms with E-state index in [-0.39, 0.29) is 56.8 Å². The molecule has 632 valence electrons. The van der Waals surface area contributed by atoms with E-state index in [0.29, 0.717) is 31.2 Å². The summed E-state index contributed by atoms with van der Waals surface area (Å²) in [5, 5.41) is 62.2. The highest BCUT2D eigenvalue weighted by Gasteiger charge is 2.40. The van der Waals surface area contributed by atoms with Gasteiger partial charge in [-0.2, -0.15) is 25.3 Å². The SMILES string of the molecule is CC[C@H](C)[C@H](N)C(=O)N[C@@H](Cc1ccccc1)C(=O)N[C@H](C(=O)N[C@@H](CCC(N)=O)C(=O)N[C@@H](CCCCN)C(=O)N[C@@H](CS)C(=O)N[C@@H](C)C(=O)N[C@@H](CCC(N)=O)C(=O)N[C@@H](CS)C(=O)N[C@@H](Cc1cnc[nH]1)C(=O)N[C@H](C(=O)N[C@H](C(=O)N[C@@H](CCC(=O)O)C(=O)N[C@@H](CCCCN)C(=O)O)C(C)C)[C@@H](C)O)C(C)C. The maximum Gasteiger partial charge on any atom is 0.326 e.